The summed E-state index contributed by atoms with van der Waals surface area (Å²) in [7, 11) is 0. The molecule has 3 heterocycles. The predicted octanol–water partition coefficient (Wildman–Crippen LogP) is 6.15. The molecule has 0 spiro atoms. The number of aromatic nitrogens is 4. The Bertz CT molecular complexity index is 957. The summed E-state index contributed by atoms with van der Waals surface area (Å²) in [6.07, 6.45) is -2.69. The van der Waals surface area contributed by atoms with Crippen LogP contribution in [0.4, 0.5) is 13.2 Å². The lowest BCUT2D eigenvalue weighted by Gasteiger charge is -2.14. The Morgan fingerprint density at radius 2 is 1.85 bits per heavy atom. The van der Waals surface area contributed by atoms with Crippen molar-refractivity contribution in [3.8, 4) is 10.6 Å². The molecule has 0 saturated carbocycles. The van der Waals surface area contributed by atoms with E-state index in [0.29, 0.717) is 17.0 Å². The first-order valence-electron chi connectivity index (χ1n) is 8.28. The Kier molecular flexibility index (Phi) is 5.13. The second-order valence-corrected chi connectivity index (χ2v) is 8.45. The molecule has 0 N–H and O–H groups in total. The van der Waals surface area contributed by atoms with E-state index in [-0.39, 0.29) is 14.7 Å². The van der Waals surface area contributed by atoms with Gasteiger partial charge in [-0.25, -0.2) is 14.5 Å². The number of thiazole rings is 1. The van der Waals surface area contributed by atoms with Crippen molar-refractivity contribution in [3.05, 3.63) is 32.6 Å². The topological polar surface area (TPSA) is 43.1 Å². The van der Waals surface area contributed by atoms with Gasteiger partial charge in [0.25, 0.3) is 0 Å². The maximum atomic E-state index is 13.5. The third-order valence-electron chi connectivity index (χ3n) is 4.42. The van der Waals surface area contributed by atoms with Gasteiger partial charge in [-0.3, -0.25) is 0 Å². The molecule has 0 aliphatic carbocycles. The highest BCUT2D eigenvalue weighted by molar-refractivity contribution is 9.11. The van der Waals surface area contributed by atoms with Gasteiger partial charge in [0.1, 0.15) is 5.69 Å². The highest BCUT2D eigenvalue weighted by Crippen LogP contribution is 2.43. The molecule has 0 amide bonds. The highest BCUT2D eigenvalue weighted by Gasteiger charge is 2.39. The molecule has 3 aromatic rings. The summed E-state index contributed by atoms with van der Waals surface area (Å²) in [6.45, 7) is 7.75. The third-order valence-corrected chi connectivity index (χ3v) is 5.93. The Morgan fingerprint density at radius 3 is 2.42 bits per heavy atom. The molecule has 3 rings (SSSR count). The number of hydrogen-bond donors (Lipinski definition) is 0. The second kappa shape index (κ2) is 6.92. The predicted molar refractivity (Wildman–Crippen MR) is 99.6 cm³/mol. The van der Waals surface area contributed by atoms with E-state index in [1.54, 1.807) is 11.4 Å². The lowest BCUT2D eigenvalue weighted by atomic mass is 9.95. The van der Waals surface area contributed by atoms with Crippen molar-refractivity contribution in [3.63, 3.8) is 0 Å². The minimum atomic E-state index is -4.55. The van der Waals surface area contributed by atoms with Gasteiger partial charge in [0.2, 0.25) is 0 Å². The molecule has 140 valence electrons. The van der Waals surface area contributed by atoms with Crippen LogP contribution >= 0.6 is 27.3 Å². The van der Waals surface area contributed by atoms with Crippen LogP contribution in [0.3, 0.4) is 0 Å². The summed E-state index contributed by atoms with van der Waals surface area (Å²) < 4.78 is 42.1. The monoisotopic (exact) mass is 446 g/mol. The van der Waals surface area contributed by atoms with Crippen molar-refractivity contribution in [1.82, 2.24) is 19.6 Å². The number of hydrogen-bond acceptors (Lipinski definition) is 4. The van der Waals surface area contributed by atoms with Crippen LogP contribution < -0.4 is 0 Å². The molecule has 0 saturated heterocycles. The lowest BCUT2D eigenvalue weighted by molar-refractivity contribution is -0.140. The van der Waals surface area contributed by atoms with Gasteiger partial charge in [-0.15, -0.1) is 11.3 Å². The molecular formula is C17H18BrF3N4S. The van der Waals surface area contributed by atoms with E-state index in [0.717, 1.165) is 35.4 Å². The van der Waals surface area contributed by atoms with E-state index in [4.69, 9.17) is 0 Å². The first-order chi connectivity index (χ1) is 12.2. The van der Waals surface area contributed by atoms with Crippen molar-refractivity contribution >= 4 is 32.9 Å². The summed E-state index contributed by atoms with van der Waals surface area (Å²) in [6, 6.07) is 1.98. The van der Waals surface area contributed by atoms with E-state index >= 15 is 0 Å². The molecule has 0 atom stereocenters. The van der Waals surface area contributed by atoms with Gasteiger partial charge in [-0.05, 0) is 54.6 Å². The van der Waals surface area contributed by atoms with Crippen LogP contribution in [0.5, 0.6) is 0 Å². The Labute approximate surface area is 161 Å². The quantitative estimate of drug-likeness (QED) is 0.482. The van der Waals surface area contributed by atoms with Crippen LogP contribution in [0.15, 0.2) is 9.98 Å². The Hall–Kier alpha value is -1.48. The zero-order chi connectivity index (χ0) is 19.2. The van der Waals surface area contributed by atoms with Crippen LogP contribution in [0.1, 0.15) is 55.3 Å². The van der Waals surface area contributed by atoms with Crippen molar-refractivity contribution in [2.75, 3.05) is 0 Å². The molecule has 26 heavy (non-hydrogen) atoms. The van der Waals surface area contributed by atoms with E-state index in [1.165, 1.54) is 0 Å². The van der Waals surface area contributed by atoms with Crippen molar-refractivity contribution in [2.24, 2.45) is 0 Å². The van der Waals surface area contributed by atoms with Crippen LogP contribution in [0.2, 0.25) is 0 Å². The molecule has 0 bridgehead atoms. The number of nitrogens with zero attached hydrogens (tertiary/aromatic N) is 4. The fraction of sp³-hybridized carbons (Fsp3) is 0.471. The molecular weight excluding hydrogens is 429 g/mol. The summed E-state index contributed by atoms with van der Waals surface area (Å²) >= 11 is 4.03. The summed E-state index contributed by atoms with van der Waals surface area (Å²) in [5, 5.41) is 4.47. The molecule has 4 nitrogen and oxygen atoms in total. The number of fused-ring (bicyclic) bond motifs is 1. The minimum Gasteiger partial charge on any atom is -0.231 e. The minimum absolute atomic E-state index is 0.0305. The molecule has 0 aromatic carbocycles. The average molecular weight is 447 g/mol. The average Bonchev–Trinajstić information content (AvgIpc) is 3.07. The van der Waals surface area contributed by atoms with Crippen LogP contribution in [-0.2, 0) is 6.18 Å². The maximum absolute atomic E-state index is 13.5. The first kappa shape index (κ1) is 19.3. The highest BCUT2D eigenvalue weighted by atomic mass is 79.9. The van der Waals surface area contributed by atoms with E-state index in [2.05, 4.69) is 44.8 Å². The van der Waals surface area contributed by atoms with Gasteiger partial charge in [0.15, 0.2) is 15.3 Å². The van der Waals surface area contributed by atoms with Crippen LogP contribution in [0.25, 0.3) is 16.2 Å². The SMILES string of the molecule is CCC(CC)c1cc(C)nn2c(-c3sc(Br)nc3C(F)(F)F)c(C)nc12. The normalized spacial score (nSPS) is 12.5. The molecule has 0 fully saturated rings. The molecule has 9 heteroatoms. The summed E-state index contributed by atoms with van der Waals surface area (Å²) in [4.78, 5) is 8.25. The lowest BCUT2D eigenvalue weighted by Crippen LogP contribution is -2.09. The number of rotatable bonds is 4. The van der Waals surface area contributed by atoms with Crippen molar-refractivity contribution in [1.29, 1.82) is 0 Å². The number of aryl methyl sites for hydroxylation is 2. The van der Waals surface area contributed by atoms with E-state index < -0.39 is 11.9 Å². The summed E-state index contributed by atoms with van der Waals surface area (Å²) in [5.74, 6) is 0.282. The Morgan fingerprint density at radius 1 is 1.19 bits per heavy atom. The third kappa shape index (κ3) is 3.26. The fourth-order valence-corrected chi connectivity index (χ4v) is 4.77. The van der Waals surface area contributed by atoms with Crippen LogP contribution in [-0.4, -0.2) is 19.6 Å². The molecule has 0 aliphatic rings. The standard InChI is InChI=1S/C17H18BrF3N4S/c1-5-10(6-2)11-7-8(3)24-25-12(9(4)22-15(11)25)13-14(17(19,20)21)23-16(18)26-13/h7,10H,5-6H2,1-4H3. The second-order valence-electron chi connectivity index (χ2n) is 6.18. The molecule has 3 aromatic heterocycles. The first-order valence-corrected chi connectivity index (χ1v) is 9.89. The van der Waals surface area contributed by atoms with Gasteiger partial charge in [0, 0.05) is 5.56 Å². The van der Waals surface area contributed by atoms with Crippen LogP contribution in [0, 0.1) is 13.8 Å². The van der Waals surface area contributed by atoms with Gasteiger partial charge in [0.05, 0.1) is 16.3 Å². The summed E-state index contributed by atoms with van der Waals surface area (Å²) in [5.41, 5.74) is 2.34. The van der Waals surface area contributed by atoms with E-state index in [1.807, 2.05) is 13.0 Å². The Balaban J connectivity index is 2.35. The number of halogens is 4. The number of alkyl halides is 3. The maximum Gasteiger partial charge on any atom is 0.434 e. The fourth-order valence-electron chi connectivity index (χ4n) is 3.21. The van der Waals surface area contributed by atoms with Gasteiger partial charge < -0.3 is 0 Å². The molecule has 0 unspecified atom stereocenters. The largest absolute Gasteiger partial charge is 0.434 e. The zero-order valence-corrected chi connectivity index (χ0v) is 17.2. The van der Waals surface area contributed by atoms with Gasteiger partial charge >= 0.3 is 6.18 Å². The van der Waals surface area contributed by atoms with Gasteiger partial charge in [-0.2, -0.15) is 18.3 Å². The van der Waals surface area contributed by atoms with Crippen molar-refractivity contribution in [2.45, 2.75) is 52.6 Å². The molecule has 0 aliphatic heterocycles. The van der Waals surface area contributed by atoms with Crippen molar-refractivity contribution < 1.29 is 13.2 Å². The number of imidazole rings is 1. The molecule has 0 radical (unpaired) electrons. The zero-order valence-electron chi connectivity index (χ0n) is 14.8. The smallest absolute Gasteiger partial charge is 0.231 e. The van der Waals surface area contributed by atoms with Gasteiger partial charge in [-0.1, -0.05) is 13.8 Å². The van der Waals surface area contributed by atoms with E-state index in [9.17, 15) is 13.2 Å².